The number of ether oxygens (including phenoxy) is 1. The van der Waals surface area contributed by atoms with Gasteiger partial charge in [0.05, 0.1) is 11.4 Å². The molecule has 166 valence electrons. The van der Waals surface area contributed by atoms with Gasteiger partial charge in [-0.25, -0.2) is 4.68 Å². The van der Waals surface area contributed by atoms with Gasteiger partial charge in [-0.15, -0.1) is 0 Å². The lowest BCUT2D eigenvalue weighted by Crippen LogP contribution is -2.04. The Balaban J connectivity index is 1.26. The summed E-state index contributed by atoms with van der Waals surface area (Å²) in [5, 5.41) is 8.54. The van der Waals surface area contributed by atoms with Gasteiger partial charge in [0.2, 0.25) is 0 Å². The van der Waals surface area contributed by atoms with Crippen molar-refractivity contribution in [3.8, 4) is 33.8 Å². The van der Waals surface area contributed by atoms with Crippen LogP contribution in [0.25, 0.3) is 28.1 Å². The number of rotatable bonds is 6. The number of fused-ring (bicyclic) bond motifs is 1. The Morgan fingerprint density at radius 1 is 0.706 bits per heavy atom. The van der Waals surface area contributed by atoms with Crippen LogP contribution in [0.1, 0.15) is 11.1 Å². The van der Waals surface area contributed by atoms with E-state index in [0.717, 1.165) is 47.0 Å². The Morgan fingerprint density at radius 2 is 1.35 bits per heavy atom. The molecule has 1 aromatic heterocycles. The molecule has 5 aromatic rings. The molecule has 34 heavy (non-hydrogen) atoms. The molecule has 4 aromatic carbocycles. The quantitative estimate of drug-likeness (QED) is 0.315. The van der Waals surface area contributed by atoms with E-state index in [9.17, 15) is 0 Å². The molecule has 0 saturated heterocycles. The molecule has 2 heterocycles. The minimum absolute atomic E-state index is 0.558. The van der Waals surface area contributed by atoms with E-state index in [1.54, 1.807) is 0 Å². The molecule has 0 radical (unpaired) electrons. The zero-order valence-electron chi connectivity index (χ0n) is 18.8. The van der Waals surface area contributed by atoms with Crippen molar-refractivity contribution < 1.29 is 4.74 Å². The number of nitrogens with one attached hydrogen (secondary N) is 1. The van der Waals surface area contributed by atoms with Crippen LogP contribution in [0.3, 0.4) is 0 Å². The number of hydrogen-bond acceptors (Lipinski definition) is 3. The fraction of sp³-hybridized carbons (Fsp3) is 0.100. The van der Waals surface area contributed by atoms with Crippen LogP contribution in [0.5, 0.6) is 5.75 Å². The highest BCUT2D eigenvalue weighted by molar-refractivity contribution is 5.75. The Morgan fingerprint density at radius 3 is 2.09 bits per heavy atom. The minimum Gasteiger partial charge on any atom is -0.489 e. The molecular formula is C30H25N3O. The van der Waals surface area contributed by atoms with E-state index in [2.05, 4.69) is 78.1 Å². The minimum atomic E-state index is 0.558. The van der Waals surface area contributed by atoms with Crippen molar-refractivity contribution in [2.24, 2.45) is 0 Å². The highest BCUT2D eigenvalue weighted by Gasteiger charge is 2.24. The monoisotopic (exact) mass is 443 g/mol. The average Bonchev–Trinajstić information content (AvgIpc) is 3.52. The molecule has 0 unspecified atom stereocenters. The van der Waals surface area contributed by atoms with Gasteiger partial charge in [-0.05, 0) is 47.4 Å². The van der Waals surface area contributed by atoms with Gasteiger partial charge >= 0.3 is 0 Å². The van der Waals surface area contributed by atoms with E-state index >= 15 is 0 Å². The van der Waals surface area contributed by atoms with Gasteiger partial charge < -0.3 is 10.1 Å². The first kappa shape index (κ1) is 20.3. The lowest BCUT2D eigenvalue weighted by atomic mass is 10.0. The van der Waals surface area contributed by atoms with Crippen LogP contribution >= 0.6 is 0 Å². The van der Waals surface area contributed by atoms with Gasteiger partial charge in [-0.2, -0.15) is 5.10 Å². The summed E-state index contributed by atoms with van der Waals surface area (Å²) in [6, 6.07) is 37.5. The average molecular weight is 444 g/mol. The third-order valence-corrected chi connectivity index (χ3v) is 6.25. The molecule has 6 rings (SSSR count). The Kier molecular flexibility index (Phi) is 5.32. The number of benzene rings is 4. The van der Waals surface area contributed by atoms with Crippen molar-refractivity contribution in [1.82, 2.24) is 9.78 Å². The van der Waals surface area contributed by atoms with Gasteiger partial charge in [0.25, 0.3) is 0 Å². The molecule has 0 saturated carbocycles. The number of aromatic nitrogens is 2. The summed E-state index contributed by atoms with van der Waals surface area (Å²) in [5.74, 6) is 1.93. The van der Waals surface area contributed by atoms with Crippen LogP contribution in [0.4, 0.5) is 5.82 Å². The second-order valence-electron chi connectivity index (χ2n) is 8.48. The molecule has 0 aliphatic carbocycles. The topological polar surface area (TPSA) is 39.1 Å². The van der Waals surface area contributed by atoms with Gasteiger partial charge in [0.15, 0.2) is 0 Å². The summed E-state index contributed by atoms with van der Waals surface area (Å²) in [6.45, 7) is 1.49. The SMILES string of the molecule is c1ccc(COc2ccc(-n3nc(-c4ccc(-c5ccccc5)cc4)c4c3NCC4)cc2)cc1. The van der Waals surface area contributed by atoms with E-state index in [1.807, 2.05) is 41.1 Å². The zero-order chi connectivity index (χ0) is 22.7. The molecule has 4 heteroatoms. The Hall–Kier alpha value is -4.31. The molecule has 1 aliphatic rings. The van der Waals surface area contributed by atoms with Crippen molar-refractivity contribution in [1.29, 1.82) is 0 Å². The second-order valence-corrected chi connectivity index (χ2v) is 8.48. The van der Waals surface area contributed by atoms with Crippen molar-refractivity contribution in [3.63, 3.8) is 0 Å². The molecule has 0 fully saturated rings. The molecule has 1 aliphatic heterocycles. The maximum absolute atomic E-state index is 5.95. The second kappa shape index (κ2) is 8.91. The highest BCUT2D eigenvalue weighted by Crippen LogP contribution is 2.35. The van der Waals surface area contributed by atoms with Crippen LogP contribution in [0, 0.1) is 0 Å². The van der Waals surface area contributed by atoms with Crippen molar-refractivity contribution in [2.45, 2.75) is 13.0 Å². The first-order chi connectivity index (χ1) is 16.8. The van der Waals surface area contributed by atoms with Crippen LogP contribution in [0.2, 0.25) is 0 Å². The van der Waals surface area contributed by atoms with Gasteiger partial charge in [-0.3, -0.25) is 0 Å². The standard InChI is InChI=1S/C30H25N3O/c1-3-7-22(8-4-1)21-34-27-17-15-26(16-18-27)33-30-28(19-20-31-30)29(32-33)25-13-11-24(12-14-25)23-9-5-2-6-10-23/h1-18,31H,19-21H2. The van der Waals surface area contributed by atoms with E-state index in [4.69, 9.17) is 9.84 Å². The smallest absolute Gasteiger partial charge is 0.133 e. The van der Waals surface area contributed by atoms with Crippen LogP contribution in [-0.2, 0) is 13.0 Å². The molecule has 4 nitrogen and oxygen atoms in total. The van der Waals surface area contributed by atoms with E-state index in [1.165, 1.54) is 16.7 Å². The molecule has 0 spiro atoms. The molecule has 0 atom stereocenters. The van der Waals surface area contributed by atoms with Crippen LogP contribution in [-0.4, -0.2) is 16.3 Å². The Bertz CT molecular complexity index is 1390. The van der Waals surface area contributed by atoms with Crippen LogP contribution in [0.15, 0.2) is 109 Å². The lowest BCUT2D eigenvalue weighted by Gasteiger charge is -2.09. The number of hydrogen-bond donors (Lipinski definition) is 1. The summed E-state index contributed by atoms with van der Waals surface area (Å²) >= 11 is 0. The molecular weight excluding hydrogens is 418 g/mol. The fourth-order valence-electron chi connectivity index (χ4n) is 4.47. The van der Waals surface area contributed by atoms with E-state index in [0.29, 0.717) is 6.61 Å². The van der Waals surface area contributed by atoms with E-state index in [-0.39, 0.29) is 0 Å². The molecule has 0 bridgehead atoms. The van der Waals surface area contributed by atoms with Crippen molar-refractivity contribution in [3.05, 3.63) is 120 Å². The maximum Gasteiger partial charge on any atom is 0.133 e. The largest absolute Gasteiger partial charge is 0.489 e. The van der Waals surface area contributed by atoms with Crippen molar-refractivity contribution >= 4 is 5.82 Å². The maximum atomic E-state index is 5.95. The number of nitrogens with zero attached hydrogens (tertiary/aromatic N) is 2. The van der Waals surface area contributed by atoms with Gasteiger partial charge in [-0.1, -0.05) is 84.9 Å². The van der Waals surface area contributed by atoms with Gasteiger partial charge in [0.1, 0.15) is 18.2 Å². The third kappa shape index (κ3) is 3.95. The highest BCUT2D eigenvalue weighted by atomic mass is 16.5. The third-order valence-electron chi connectivity index (χ3n) is 6.25. The lowest BCUT2D eigenvalue weighted by molar-refractivity contribution is 0.306. The summed E-state index contributed by atoms with van der Waals surface area (Å²) in [6.07, 6.45) is 0.976. The predicted octanol–water partition coefficient (Wildman–Crippen LogP) is 6.75. The summed E-state index contributed by atoms with van der Waals surface area (Å²) in [5.41, 5.74) is 8.07. The summed E-state index contributed by atoms with van der Waals surface area (Å²) in [7, 11) is 0. The molecule has 0 amide bonds. The summed E-state index contributed by atoms with van der Waals surface area (Å²) < 4.78 is 7.97. The van der Waals surface area contributed by atoms with Crippen LogP contribution < -0.4 is 10.1 Å². The molecule has 1 N–H and O–H groups in total. The van der Waals surface area contributed by atoms with Gasteiger partial charge in [0, 0.05) is 17.7 Å². The zero-order valence-corrected chi connectivity index (χ0v) is 18.8. The van der Waals surface area contributed by atoms with E-state index < -0.39 is 0 Å². The first-order valence-electron chi connectivity index (χ1n) is 11.6. The van der Waals surface area contributed by atoms with Crippen molar-refractivity contribution in [2.75, 3.05) is 11.9 Å². The summed E-state index contributed by atoms with van der Waals surface area (Å²) in [4.78, 5) is 0. The Labute approximate surface area is 199 Å². The fourth-order valence-corrected chi connectivity index (χ4v) is 4.47. The number of anilines is 1. The predicted molar refractivity (Wildman–Crippen MR) is 137 cm³/mol. The first-order valence-corrected chi connectivity index (χ1v) is 11.6. The normalized spacial score (nSPS) is 12.2.